The molecule has 12 rings (SSSR count). The number of carbonyl (C=O) groups excluding carboxylic acids is 4. The van der Waals surface area contributed by atoms with Crippen molar-refractivity contribution in [1.29, 1.82) is 0 Å². The molecule has 12 heteroatoms. The molecule has 12 aromatic carbocycles. The van der Waals surface area contributed by atoms with E-state index in [0.717, 1.165) is 104 Å². The van der Waals surface area contributed by atoms with E-state index in [1.807, 2.05) is 251 Å². The summed E-state index contributed by atoms with van der Waals surface area (Å²) >= 11 is 10.7. The number of esters is 1. The van der Waals surface area contributed by atoms with E-state index in [-0.39, 0.29) is 18.2 Å². The minimum absolute atomic E-state index is 0.0650. The average Bonchev–Trinajstić information content (AvgIpc) is 0.838. The Hall–Kier alpha value is -12.1. The number of nitrogens with zero attached hydrogens (tertiary/aromatic N) is 4. The predicted octanol–water partition coefficient (Wildman–Crippen LogP) is 23.9. The van der Waals surface area contributed by atoms with E-state index in [1.54, 1.807) is 18.2 Å². The number of ether oxygens (including phenoxy) is 1. The van der Waals surface area contributed by atoms with Crippen LogP contribution in [0.3, 0.4) is 0 Å². The summed E-state index contributed by atoms with van der Waals surface area (Å²) in [5.74, 6) is -0.311. The van der Waals surface area contributed by atoms with E-state index in [1.165, 1.54) is 18.2 Å². The molecular weight excluding hydrogens is 1300 g/mol. The molecule has 0 fully saturated rings. The van der Waals surface area contributed by atoms with Crippen LogP contribution >= 0.6 is 23.2 Å². The summed E-state index contributed by atoms with van der Waals surface area (Å²) in [5.41, 5.74) is 16.3. The molecule has 0 aromatic heterocycles. The number of allylic oxidation sites excluding steroid dienone is 2. The van der Waals surface area contributed by atoms with Crippen LogP contribution in [-0.4, -0.2) is 40.1 Å². The summed E-state index contributed by atoms with van der Waals surface area (Å²) in [6.07, 6.45) is 11.4. The minimum Gasteiger partial charge on any atom is -0.460 e. The summed E-state index contributed by atoms with van der Waals surface area (Å²) in [6, 6.07) is 113. The van der Waals surface area contributed by atoms with E-state index < -0.39 is 10.5 Å². The standard InChI is InChI=1S/C25H25NO2.2C21H16ClNO.C19H15NO.C4H9O/c1-3-20(2)28-25(27)19-16-21-14-17-24(18-15-21)26(22-10-6-4-7-11-22)23-12-8-5-9-13-23;2*22-21(24)16-13-17-11-14-20(15-12-17)23(18-7-3-1-4-8-18)19-9-5-2-6-10-19;21-15-16-11-13-19(14-12-16)20(17-7-3-1-4-8-17)18-9-5-2-6-10-18;1-3-4(2)5/h4-20H,3H2,1-2H3;2*1-16H;1-15H;4-5H,2-3H2,1H3/q;;;;+1/b19-16+;2*16-13+;;. The molecule has 0 saturated carbocycles. The maximum Gasteiger partial charge on any atom is 0.331 e. The number of aldehydes is 1. The van der Waals surface area contributed by atoms with E-state index >= 15 is 0 Å². The lowest BCUT2D eigenvalue weighted by molar-refractivity contribution is -0.142. The van der Waals surface area contributed by atoms with Crippen LogP contribution in [0.5, 0.6) is 0 Å². The highest BCUT2D eigenvalue weighted by molar-refractivity contribution is 6.67. The van der Waals surface area contributed by atoms with Gasteiger partial charge in [0.25, 0.3) is 0 Å². The number of halogens is 2. The van der Waals surface area contributed by atoms with Crippen LogP contribution in [0.4, 0.5) is 68.2 Å². The Kier molecular flexibility index (Phi) is 30.7. The first-order chi connectivity index (χ1) is 49.8. The second kappa shape index (κ2) is 41.4. The molecule has 510 valence electrons. The van der Waals surface area contributed by atoms with Crippen molar-refractivity contribution in [1.82, 2.24) is 0 Å². The maximum atomic E-state index is 11.8. The van der Waals surface area contributed by atoms with Gasteiger partial charge in [-0.3, -0.25) is 14.4 Å². The number of benzene rings is 12. The molecular formula is C90H81Cl2N4O6+. The van der Waals surface area contributed by atoms with Gasteiger partial charge in [-0.05, 0) is 229 Å². The third-order valence-corrected chi connectivity index (χ3v) is 15.7. The van der Waals surface area contributed by atoms with Gasteiger partial charge < -0.3 is 29.4 Å². The molecule has 0 saturated heterocycles. The van der Waals surface area contributed by atoms with Crippen molar-refractivity contribution in [3.05, 3.63) is 387 Å². The Bertz CT molecular complexity index is 4200. The fourth-order valence-electron chi connectivity index (χ4n) is 10.1. The van der Waals surface area contributed by atoms with E-state index in [2.05, 4.69) is 136 Å². The third kappa shape index (κ3) is 24.4. The number of aliphatic hydroxyl groups excluding tert-OH is 1. The summed E-state index contributed by atoms with van der Waals surface area (Å²) < 4.78 is 5.26. The fourth-order valence-corrected chi connectivity index (χ4v) is 10.2. The van der Waals surface area contributed by atoms with Crippen molar-refractivity contribution in [3.8, 4) is 0 Å². The summed E-state index contributed by atoms with van der Waals surface area (Å²) in [7, 11) is 0. The lowest BCUT2D eigenvalue weighted by atomic mass is 10.1. The van der Waals surface area contributed by atoms with Crippen molar-refractivity contribution in [2.75, 3.05) is 19.6 Å². The first kappa shape index (κ1) is 75.7. The van der Waals surface area contributed by atoms with Gasteiger partial charge in [0.2, 0.25) is 10.5 Å². The van der Waals surface area contributed by atoms with E-state index in [9.17, 15) is 19.2 Å². The maximum absolute atomic E-state index is 11.8. The fraction of sp³-hybridized carbons (Fsp3) is 0.0778. The quantitative estimate of drug-likeness (QED) is 0.0232. The van der Waals surface area contributed by atoms with Crippen molar-refractivity contribution in [3.63, 3.8) is 0 Å². The van der Waals surface area contributed by atoms with E-state index in [0.29, 0.717) is 5.56 Å². The minimum atomic E-state index is -0.478. The Labute approximate surface area is 610 Å². The summed E-state index contributed by atoms with van der Waals surface area (Å²) in [6.45, 7) is 9.08. The van der Waals surface area contributed by atoms with Gasteiger partial charge in [0.05, 0.1) is 13.0 Å². The predicted molar refractivity (Wildman–Crippen MR) is 426 cm³/mol. The normalized spacial score (nSPS) is 11.1. The average molecular weight is 1390 g/mol. The topological polar surface area (TPSA) is 111 Å². The lowest BCUT2D eigenvalue weighted by Gasteiger charge is -2.25. The molecule has 0 aliphatic rings. The Morgan fingerprint density at radius 1 is 0.333 bits per heavy atom. The molecule has 0 amide bonds. The first-order valence-electron chi connectivity index (χ1n) is 33.4. The molecule has 0 bridgehead atoms. The Balaban J connectivity index is 0.000000169. The number of rotatable bonds is 22. The van der Waals surface area contributed by atoms with Gasteiger partial charge in [0, 0.05) is 86.3 Å². The summed E-state index contributed by atoms with van der Waals surface area (Å²) in [4.78, 5) is 53.0. The number of hydrogen-bond donors (Lipinski definition) is 1. The van der Waals surface area contributed by atoms with Crippen molar-refractivity contribution in [2.24, 2.45) is 0 Å². The molecule has 0 aliphatic carbocycles. The smallest absolute Gasteiger partial charge is 0.331 e. The van der Waals surface area contributed by atoms with Crippen molar-refractivity contribution >= 4 is 132 Å². The second-order valence-corrected chi connectivity index (χ2v) is 23.6. The molecule has 0 radical (unpaired) electrons. The van der Waals surface area contributed by atoms with Gasteiger partial charge in [-0.15, -0.1) is 0 Å². The first-order valence-corrected chi connectivity index (χ1v) is 34.2. The highest BCUT2D eigenvalue weighted by atomic mass is 35.5. The number of hydrogen-bond acceptors (Lipinski definition) is 10. The SMILES string of the molecule is CCC(C)OC(=O)/C=C/c1ccc(N(c2ccccc2)c2ccccc2)cc1.O=C(Cl)/C=C/c1ccc(N(c2ccccc2)c2ccccc2)cc1.O=C(Cl)/C=C/c1ccc(N(c2ccccc2)c2ccccc2)cc1.O=Cc1ccc(N(c2ccccc2)c2ccccc2)cc1.[CH2+]C(O)CC. The third-order valence-electron chi connectivity index (χ3n) is 15.4. The molecule has 0 heterocycles. The molecule has 0 spiro atoms. The van der Waals surface area contributed by atoms with Crippen LogP contribution < -0.4 is 19.6 Å². The highest BCUT2D eigenvalue weighted by Gasteiger charge is 2.16. The van der Waals surface area contributed by atoms with Gasteiger partial charge in [0.1, 0.15) is 6.29 Å². The molecule has 2 atom stereocenters. The zero-order valence-electron chi connectivity index (χ0n) is 57.2. The number of aliphatic hydroxyl groups is 1. The van der Waals surface area contributed by atoms with Crippen LogP contribution in [0, 0.1) is 6.92 Å². The van der Waals surface area contributed by atoms with Gasteiger partial charge in [0.15, 0.2) is 6.10 Å². The van der Waals surface area contributed by atoms with Gasteiger partial charge in [-0.1, -0.05) is 208 Å². The van der Waals surface area contributed by atoms with Crippen LogP contribution in [0.15, 0.2) is 358 Å². The summed E-state index contributed by atoms with van der Waals surface area (Å²) in [5, 5.41) is 7.29. The van der Waals surface area contributed by atoms with Crippen LogP contribution in [0.25, 0.3) is 18.2 Å². The zero-order chi connectivity index (χ0) is 72.1. The second-order valence-electron chi connectivity index (χ2n) is 22.8. The van der Waals surface area contributed by atoms with Crippen molar-refractivity contribution in [2.45, 2.75) is 45.8 Å². The van der Waals surface area contributed by atoms with E-state index in [4.69, 9.17) is 33.0 Å². The Morgan fingerprint density at radius 3 is 0.696 bits per heavy atom. The zero-order valence-corrected chi connectivity index (χ0v) is 58.7. The lowest BCUT2D eigenvalue weighted by Crippen LogP contribution is -2.11. The molecule has 1 N–H and O–H groups in total. The van der Waals surface area contributed by atoms with Gasteiger partial charge >= 0.3 is 5.97 Å². The molecule has 12 aromatic rings. The van der Waals surface area contributed by atoms with Gasteiger partial charge in [-0.25, -0.2) is 4.79 Å². The Morgan fingerprint density at radius 2 is 0.520 bits per heavy atom. The van der Waals surface area contributed by atoms with Crippen molar-refractivity contribution < 1.29 is 29.0 Å². The molecule has 10 nitrogen and oxygen atoms in total. The highest BCUT2D eigenvalue weighted by Crippen LogP contribution is 2.38. The largest absolute Gasteiger partial charge is 0.460 e. The number of anilines is 12. The number of carbonyl (C=O) groups is 4. The molecule has 0 aliphatic heterocycles. The molecule has 2 unspecified atom stereocenters. The van der Waals surface area contributed by atoms with Crippen LogP contribution in [-0.2, 0) is 19.1 Å². The van der Waals surface area contributed by atoms with Crippen LogP contribution in [0.1, 0.15) is 60.7 Å². The van der Waals surface area contributed by atoms with Crippen LogP contribution in [0.2, 0.25) is 0 Å². The monoisotopic (exact) mass is 1380 g/mol. The molecule has 102 heavy (non-hydrogen) atoms. The number of para-hydroxylation sites is 8. The van der Waals surface area contributed by atoms with Gasteiger partial charge in [-0.2, -0.15) is 0 Å².